The van der Waals surface area contributed by atoms with Gasteiger partial charge in [0.05, 0.1) is 43.3 Å². The van der Waals surface area contributed by atoms with Gasteiger partial charge in [0.25, 0.3) is 0 Å². The van der Waals surface area contributed by atoms with Crippen LogP contribution in [-0.2, 0) is 23.9 Å². The number of carbonyl (C=O) groups excluding carboxylic acids is 2. The maximum atomic E-state index is 14.3. The van der Waals surface area contributed by atoms with Gasteiger partial charge >= 0.3 is 5.97 Å². The molecule has 2 N–H and O–H groups in total. The first kappa shape index (κ1) is 27.0. The maximum absolute atomic E-state index is 14.3. The van der Waals surface area contributed by atoms with Gasteiger partial charge in [0.1, 0.15) is 11.6 Å². The molecule has 0 aromatic rings. The number of nitrogens with zero attached hydrogens (tertiary/aromatic N) is 3. The molecule has 1 spiro atoms. The lowest BCUT2D eigenvalue weighted by molar-refractivity contribution is -0.159. The van der Waals surface area contributed by atoms with E-state index < -0.39 is 47.0 Å². The van der Waals surface area contributed by atoms with E-state index in [0.717, 1.165) is 13.1 Å². The fourth-order valence-corrected chi connectivity index (χ4v) is 6.90. The standard InChI is InChI=1S/C26H41N3O7/c1-5-9-28(11-10-27-12-14-35-15-13-27)23(32)21-26-8-7-25(4,36-26)20(24(33)34)19(26)22(31)29(21)18(16-30)17(3)6-2/h5,17-21,30H,1,6-16H2,2-4H3,(H,33,34)/t17-,18-,19-,20-,21?,25+,26?/m0/s1. The molecule has 10 nitrogen and oxygen atoms in total. The maximum Gasteiger partial charge on any atom is 0.310 e. The van der Waals surface area contributed by atoms with Crippen LogP contribution in [0.5, 0.6) is 0 Å². The second-order valence-electron chi connectivity index (χ2n) is 11.0. The third-order valence-corrected chi connectivity index (χ3v) is 9.01. The number of carbonyl (C=O) groups is 3. The minimum Gasteiger partial charge on any atom is -0.481 e. The minimum absolute atomic E-state index is 0.0817. The zero-order valence-corrected chi connectivity index (χ0v) is 21.7. The van der Waals surface area contributed by atoms with Crippen LogP contribution in [0.1, 0.15) is 40.0 Å². The van der Waals surface area contributed by atoms with Crippen LogP contribution in [0.3, 0.4) is 0 Å². The first-order chi connectivity index (χ1) is 17.1. The third kappa shape index (κ3) is 4.25. The van der Waals surface area contributed by atoms with Crippen LogP contribution in [0.4, 0.5) is 0 Å². The molecule has 36 heavy (non-hydrogen) atoms. The number of aliphatic hydroxyl groups excluding tert-OH is 1. The Kier molecular flexibility index (Phi) is 7.81. The molecule has 2 amide bonds. The molecule has 4 fully saturated rings. The molecule has 4 aliphatic rings. The minimum atomic E-state index is -1.22. The van der Waals surface area contributed by atoms with Gasteiger partial charge < -0.3 is 29.5 Å². The van der Waals surface area contributed by atoms with Crippen LogP contribution in [0.2, 0.25) is 0 Å². The lowest BCUT2D eigenvalue weighted by Crippen LogP contribution is -2.60. The van der Waals surface area contributed by atoms with E-state index in [9.17, 15) is 24.6 Å². The van der Waals surface area contributed by atoms with E-state index in [1.807, 2.05) is 13.8 Å². The lowest BCUT2D eigenvalue weighted by Gasteiger charge is -2.41. The summed E-state index contributed by atoms with van der Waals surface area (Å²) in [5, 5.41) is 20.5. The second kappa shape index (κ2) is 10.4. The number of ether oxygens (including phenoxy) is 2. The Bertz CT molecular complexity index is 878. The van der Waals surface area contributed by atoms with Gasteiger partial charge in [-0.05, 0) is 25.7 Å². The predicted octanol–water partition coefficient (Wildman–Crippen LogP) is 0.590. The average molecular weight is 508 g/mol. The highest BCUT2D eigenvalue weighted by Gasteiger charge is 2.79. The van der Waals surface area contributed by atoms with Crippen LogP contribution in [-0.4, -0.2) is 119 Å². The number of carboxylic acids is 1. The molecule has 10 heteroatoms. The smallest absolute Gasteiger partial charge is 0.310 e. The van der Waals surface area contributed by atoms with E-state index in [2.05, 4.69) is 11.5 Å². The molecular weight excluding hydrogens is 466 g/mol. The van der Waals surface area contributed by atoms with Crippen LogP contribution >= 0.6 is 0 Å². The summed E-state index contributed by atoms with van der Waals surface area (Å²) in [4.78, 5) is 46.2. The van der Waals surface area contributed by atoms with Crippen molar-refractivity contribution in [3.8, 4) is 0 Å². The molecule has 0 aliphatic carbocycles. The number of carboxylic acid groups (broad SMARTS) is 1. The molecule has 7 atom stereocenters. The zero-order valence-electron chi connectivity index (χ0n) is 21.7. The van der Waals surface area contributed by atoms with Crippen LogP contribution in [0.25, 0.3) is 0 Å². The monoisotopic (exact) mass is 507 g/mol. The molecule has 0 aromatic heterocycles. The van der Waals surface area contributed by atoms with Crippen molar-refractivity contribution >= 4 is 17.8 Å². The van der Waals surface area contributed by atoms with Crippen molar-refractivity contribution in [2.75, 3.05) is 52.5 Å². The van der Waals surface area contributed by atoms with Crippen LogP contribution in [0, 0.1) is 17.8 Å². The topological polar surface area (TPSA) is 120 Å². The van der Waals surface area contributed by atoms with Gasteiger partial charge in [-0.1, -0.05) is 26.3 Å². The summed E-state index contributed by atoms with van der Waals surface area (Å²) in [6, 6.07) is -1.59. The van der Waals surface area contributed by atoms with Gasteiger partial charge in [0.15, 0.2) is 0 Å². The first-order valence-corrected chi connectivity index (χ1v) is 13.2. The van der Waals surface area contributed by atoms with E-state index in [1.165, 1.54) is 4.90 Å². The predicted molar refractivity (Wildman–Crippen MR) is 131 cm³/mol. The normalized spacial score (nSPS) is 35.5. The van der Waals surface area contributed by atoms with Crippen molar-refractivity contribution in [3.63, 3.8) is 0 Å². The number of aliphatic carboxylic acids is 1. The van der Waals surface area contributed by atoms with E-state index in [-0.39, 0.29) is 18.4 Å². The number of hydrogen-bond acceptors (Lipinski definition) is 7. The SMILES string of the molecule is C=CCN(CCN1CCOCC1)C(=O)C1N([C@@H](CO)[C@@H](C)CC)C(=O)[C@@H]2[C@@H](C(=O)O)[C@@]3(C)CCC12O3. The highest BCUT2D eigenvalue weighted by molar-refractivity contribution is 5.98. The summed E-state index contributed by atoms with van der Waals surface area (Å²) in [5.41, 5.74) is -2.22. The Labute approximate surface area is 213 Å². The van der Waals surface area contributed by atoms with Gasteiger partial charge in [-0.25, -0.2) is 0 Å². The fraction of sp³-hybridized carbons (Fsp3) is 0.808. The Morgan fingerprint density at radius 1 is 1.31 bits per heavy atom. The molecule has 2 unspecified atom stereocenters. The molecule has 202 valence electrons. The number of morpholine rings is 1. The van der Waals surface area contributed by atoms with E-state index in [4.69, 9.17) is 9.47 Å². The molecule has 0 radical (unpaired) electrons. The van der Waals surface area contributed by atoms with Crippen molar-refractivity contribution in [2.45, 2.75) is 63.3 Å². The van der Waals surface area contributed by atoms with E-state index in [0.29, 0.717) is 52.1 Å². The largest absolute Gasteiger partial charge is 0.481 e. The van der Waals surface area contributed by atoms with Gasteiger partial charge in [-0.2, -0.15) is 0 Å². The summed E-state index contributed by atoms with van der Waals surface area (Å²) in [6.07, 6.45) is 3.26. The van der Waals surface area contributed by atoms with Crippen LogP contribution < -0.4 is 0 Å². The van der Waals surface area contributed by atoms with Crippen molar-refractivity contribution < 1.29 is 34.1 Å². The van der Waals surface area contributed by atoms with E-state index in [1.54, 1.807) is 17.9 Å². The van der Waals surface area contributed by atoms with Crippen molar-refractivity contribution in [1.82, 2.24) is 14.7 Å². The Balaban J connectivity index is 1.71. The number of rotatable bonds is 11. The molecule has 4 saturated heterocycles. The number of aliphatic hydroxyl groups is 1. The van der Waals surface area contributed by atoms with E-state index >= 15 is 0 Å². The number of likely N-dealkylation sites (tertiary alicyclic amines) is 1. The van der Waals surface area contributed by atoms with Crippen molar-refractivity contribution in [2.24, 2.45) is 17.8 Å². The summed E-state index contributed by atoms with van der Waals surface area (Å²) >= 11 is 0. The molecule has 0 saturated carbocycles. The van der Waals surface area contributed by atoms with Gasteiger partial charge in [-0.15, -0.1) is 6.58 Å². The Morgan fingerprint density at radius 2 is 2.00 bits per heavy atom. The number of fused-ring (bicyclic) bond motifs is 1. The molecule has 4 heterocycles. The highest BCUT2D eigenvalue weighted by atomic mass is 16.5. The molecular formula is C26H41N3O7. The summed E-state index contributed by atoms with van der Waals surface area (Å²) in [6.45, 7) is 13.5. The third-order valence-electron chi connectivity index (χ3n) is 9.01. The number of amides is 2. The summed E-state index contributed by atoms with van der Waals surface area (Å²) in [7, 11) is 0. The van der Waals surface area contributed by atoms with Gasteiger partial charge in [0, 0.05) is 32.7 Å². The van der Waals surface area contributed by atoms with Crippen molar-refractivity contribution in [1.29, 1.82) is 0 Å². The first-order valence-electron chi connectivity index (χ1n) is 13.2. The Hall–Kier alpha value is -2.01. The number of hydrogen-bond donors (Lipinski definition) is 2. The molecule has 4 rings (SSSR count). The molecule has 0 aromatic carbocycles. The average Bonchev–Trinajstić information content (AvgIpc) is 3.43. The van der Waals surface area contributed by atoms with Gasteiger partial charge in [-0.3, -0.25) is 19.3 Å². The fourth-order valence-electron chi connectivity index (χ4n) is 6.90. The highest BCUT2D eigenvalue weighted by Crippen LogP contribution is 2.63. The Morgan fingerprint density at radius 3 is 2.58 bits per heavy atom. The molecule has 2 bridgehead atoms. The lowest BCUT2D eigenvalue weighted by atomic mass is 9.66. The summed E-state index contributed by atoms with van der Waals surface area (Å²) in [5.74, 6) is -3.81. The van der Waals surface area contributed by atoms with Crippen LogP contribution in [0.15, 0.2) is 12.7 Å². The van der Waals surface area contributed by atoms with Crippen molar-refractivity contribution in [3.05, 3.63) is 12.7 Å². The second-order valence-corrected chi connectivity index (χ2v) is 11.0. The van der Waals surface area contributed by atoms with Gasteiger partial charge in [0.2, 0.25) is 11.8 Å². The zero-order chi connectivity index (χ0) is 26.3. The molecule has 4 aliphatic heterocycles. The summed E-state index contributed by atoms with van der Waals surface area (Å²) < 4.78 is 11.9. The quantitative estimate of drug-likeness (QED) is 0.390.